The zero-order valence-corrected chi connectivity index (χ0v) is 14.8. The number of benzene rings is 3. The first-order valence-corrected chi connectivity index (χ1v) is 8.99. The van der Waals surface area contributed by atoms with Gasteiger partial charge in [-0.2, -0.15) is 0 Å². The number of aromatic amines is 1. The highest BCUT2D eigenvalue weighted by Crippen LogP contribution is 2.29. The molecule has 3 aromatic carbocycles. The molecule has 0 fully saturated rings. The molecule has 3 N–H and O–H groups in total. The SMILES string of the molecule is O[C@@H](c1ccccc1)[C@@H](NCc1cc2cc(F)ccc2[nH]1)c1ccccc1. The van der Waals surface area contributed by atoms with Gasteiger partial charge in [0.25, 0.3) is 0 Å². The number of hydrogen-bond acceptors (Lipinski definition) is 2. The maximum Gasteiger partial charge on any atom is 0.123 e. The number of aromatic nitrogens is 1. The smallest absolute Gasteiger partial charge is 0.123 e. The summed E-state index contributed by atoms with van der Waals surface area (Å²) in [5.74, 6) is -0.248. The van der Waals surface area contributed by atoms with Crippen LogP contribution in [0.4, 0.5) is 4.39 Å². The van der Waals surface area contributed by atoms with Gasteiger partial charge >= 0.3 is 0 Å². The van der Waals surface area contributed by atoms with Gasteiger partial charge in [0.2, 0.25) is 0 Å². The largest absolute Gasteiger partial charge is 0.386 e. The van der Waals surface area contributed by atoms with Gasteiger partial charge in [0.05, 0.1) is 12.1 Å². The van der Waals surface area contributed by atoms with Crippen LogP contribution in [0, 0.1) is 5.82 Å². The van der Waals surface area contributed by atoms with Crippen LogP contribution in [-0.2, 0) is 6.54 Å². The fraction of sp³-hybridized carbons (Fsp3) is 0.130. The van der Waals surface area contributed by atoms with Crippen LogP contribution in [0.2, 0.25) is 0 Å². The van der Waals surface area contributed by atoms with Gasteiger partial charge in [-0.3, -0.25) is 0 Å². The summed E-state index contributed by atoms with van der Waals surface area (Å²) >= 11 is 0. The van der Waals surface area contributed by atoms with Crippen molar-refractivity contribution in [3.05, 3.63) is 108 Å². The molecule has 1 heterocycles. The van der Waals surface area contributed by atoms with Gasteiger partial charge in [-0.15, -0.1) is 0 Å². The topological polar surface area (TPSA) is 48.0 Å². The fourth-order valence-electron chi connectivity index (χ4n) is 3.39. The van der Waals surface area contributed by atoms with Crippen molar-refractivity contribution in [3.8, 4) is 0 Å². The predicted molar refractivity (Wildman–Crippen MR) is 106 cm³/mol. The van der Waals surface area contributed by atoms with Gasteiger partial charge in [0.15, 0.2) is 0 Å². The molecule has 0 aliphatic heterocycles. The second-order valence-corrected chi connectivity index (χ2v) is 6.65. The second kappa shape index (κ2) is 7.74. The molecule has 4 aromatic rings. The summed E-state index contributed by atoms with van der Waals surface area (Å²) in [5, 5.41) is 15.3. The van der Waals surface area contributed by atoms with E-state index in [1.54, 1.807) is 6.07 Å². The quantitative estimate of drug-likeness (QED) is 0.459. The highest BCUT2D eigenvalue weighted by molar-refractivity contribution is 5.80. The van der Waals surface area contributed by atoms with Crippen molar-refractivity contribution in [2.45, 2.75) is 18.7 Å². The number of aliphatic hydroxyl groups excluding tert-OH is 1. The van der Waals surface area contributed by atoms with Crippen molar-refractivity contribution >= 4 is 10.9 Å². The van der Waals surface area contributed by atoms with Crippen LogP contribution in [0.3, 0.4) is 0 Å². The van der Waals surface area contributed by atoms with Crippen LogP contribution in [-0.4, -0.2) is 10.1 Å². The molecule has 0 amide bonds. The zero-order valence-electron chi connectivity index (χ0n) is 14.8. The number of fused-ring (bicyclic) bond motifs is 1. The highest BCUT2D eigenvalue weighted by Gasteiger charge is 2.22. The summed E-state index contributed by atoms with van der Waals surface area (Å²) in [4.78, 5) is 3.30. The Bertz CT molecular complexity index is 1010. The summed E-state index contributed by atoms with van der Waals surface area (Å²) in [6.07, 6.45) is -0.685. The molecule has 0 unspecified atom stereocenters. The first-order chi connectivity index (χ1) is 13.2. The summed E-state index contributed by atoms with van der Waals surface area (Å²) in [6, 6.07) is 25.9. The first-order valence-electron chi connectivity index (χ1n) is 8.99. The number of halogens is 1. The van der Waals surface area contributed by atoms with E-state index < -0.39 is 6.10 Å². The van der Waals surface area contributed by atoms with Gasteiger partial charge in [-0.25, -0.2) is 4.39 Å². The minimum Gasteiger partial charge on any atom is -0.386 e. The van der Waals surface area contributed by atoms with E-state index >= 15 is 0 Å². The Hall–Kier alpha value is -2.95. The Morgan fingerprint density at radius 1 is 0.852 bits per heavy atom. The molecule has 0 spiro atoms. The normalized spacial score (nSPS) is 13.6. The van der Waals surface area contributed by atoms with Crippen molar-refractivity contribution in [3.63, 3.8) is 0 Å². The molecule has 4 heteroatoms. The second-order valence-electron chi connectivity index (χ2n) is 6.65. The lowest BCUT2D eigenvalue weighted by molar-refractivity contribution is 0.127. The number of rotatable bonds is 6. The molecule has 4 rings (SSSR count). The Morgan fingerprint density at radius 3 is 2.22 bits per heavy atom. The molecular weight excluding hydrogens is 339 g/mol. The van der Waals surface area contributed by atoms with E-state index in [1.807, 2.05) is 66.7 Å². The standard InChI is InChI=1S/C23H21FN2O/c24-19-11-12-21-18(13-19)14-20(26-21)15-25-22(16-7-3-1-4-8-16)23(27)17-9-5-2-6-10-17/h1-14,22-23,25-27H,15H2/t22-,23-/m0/s1. The van der Waals surface area contributed by atoms with E-state index in [4.69, 9.17) is 0 Å². The van der Waals surface area contributed by atoms with E-state index in [0.717, 1.165) is 27.7 Å². The highest BCUT2D eigenvalue weighted by atomic mass is 19.1. The monoisotopic (exact) mass is 360 g/mol. The summed E-state index contributed by atoms with van der Waals surface area (Å²) < 4.78 is 13.4. The number of hydrogen-bond donors (Lipinski definition) is 3. The minimum atomic E-state index is -0.685. The van der Waals surface area contributed by atoms with E-state index in [9.17, 15) is 9.50 Å². The molecule has 3 nitrogen and oxygen atoms in total. The Balaban J connectivity index is 1.58. The Labute approximate surface area is 157 Å². The van der Waals surface area contributed by atoms with Crippen LogP contribution >= 0.6 is 0 Å². The third-order valence-electron chi connectivity index (χ3n) is 4.77. The van der Waals surface area contributed by atoms with E-state index in [2.05, 4.69) is 10.3 Å². The van der Waals surface area contributed by atoms with Crippen molar-refractivity contribution in [2.75, 3.05) is 0 Å². The molecule has 27 heavy (non-hydrogen) atoms. The summed E-state index contributed by atoms with van der Waals surface area (Å²) in [6.45, 7) is 0.528. The molecule has 0 saturated heterocycles. The third-order valence-corrected chi connectivity index (χ3v) is 4.77. The Morgan fingerprint density at radius 2 is 1.52 bits per heavy atom. The molecule has 136 valence electrons. The predicted octanol–water partition coefficient (Wildman–Crippen LogP) is 4.87. The average Bonchev–Trinajstić information content (AvgIpc) is 3.11. The van der Waals surface area contributed by atoms with Crippen LogP contribution in [0.1, 0.15) is 29.0 Å². The number of aliphatic hydroxyl groups is 1. The molecule has 0 aliphatic rings. The molecule has 0 saturated carbocycles. The maximum atomic E-state index is 13.4. The Kier molecular flexibility index (Phi) is 5.01. The number of H-pyrrole nitrogens is 1. The molecular formula is C23H21FN2O. The van der Waals surface area contributed by atoms with Gasteiger partial charge in [-0.05, 0) is 35.4 Å². The van der Waals surface area contributed by atoms with Crippen LogP contribution < -0.4 is 5.32 Å². The minimum absolute atomic E-state index is 0.248. The van der Waals surface area contributed by atoms with Crippen LogP contribution in [0.15, 0.2) is 84.9 Å². The van der Waals surface area contributed by atoms with Crippen molar-refractivity contribution in [1.82, 2.24) is 10.3 Å². The zero-order chi connectivity index (χ0) is 18.6. The van der Waals surface area contributed by atoms with E-state index in [0.29, 0.717) is 6.54 Å². The van der Waals surface area contributed by atoms with Crippen molar-refractivity contribution in [2.24, 2.45) is 0 Å². The van der Waals surface area contributed by atoms with E-state index in [-0.39, 0.29) is 11.9 Å². The number of nitrogens with one attached hydrogen (secondary N) is 2. The molecule has 0 radical (unpaired) electrons. The van der Waals surface area contributed by atoms with Gasteiger partial charge in [0, 0.05) is 23.1 Å². The van der Waals surface area contributed by atoms with Gasteiger partial charge < -0.3 is 15.4 Å². The lowest BCUT2D eigenvalue weighted by Crippen LogP contribution is -2.27. The lowest BCUT2D eigenvalue weighted by Gasteiger charge is -2.25. The van der Waals surface area contributed by atoms with Gasteiger partial charge in [-0.1, -0.05) is 60.7 Å². The molecule has 1 aromatic heterocycles. The van der Waals surface area contributed by atoms with Crippen LogP contribution in [0.25, 0.3) is 10.9 Å². The van der Waals surface area contributed by atoms with Gasteiger partial charge in [0.1, 0.15) is 5.82 Å². The maximum absolute atomic E-state index is 13.4. The molecule has 0 bridgehead atoms. The first kappa shape index (κ1) is 17.5. The average molecular weight is 360 g/mol. The lowest BCUT2D eigenvalue weighted by atomic mass is 9.95. The van der Waals surface area contributed by atoms with Crippen molar-refractivity contribution in [1.29, 1.82) is 0 Å². The molecule has 0 aliphatic carbocycles. The van der Waals surface area contributed by atoms with Crippen LogP contribution in [0.5, 0.6) is 0 Å². The summed E-state index contributed by atoms with van der Waals surface area (Å²) in [7, 11) is 0. The third kappa shape index (κ3) is 3.92. The summed E-state index contributed by atoms with van der Waals surface area (Å²) in [5.41, 5.74) is 3.71. The van der Waals surface area contributed by atoms with E-state index in [1.165, 1.54) is 12.1 Å². The van der Waals surface area contributed by atoms with Crippen molar-refractivity contribution < 1.29 is 9.50 Å². The molecule has 2 atom stereocenters. The fourth-order valence-corrected chi connectivity index (χ4v) is 3.39.